The average Bonchev–Trinajstić information content (AvgIpc) is 2.93. The Morgan fingerprint density at radius 1 is 1.26 bits per heavy atom. The number of amides is 2. The van der Waals surface area contributed by atoms with Gasteiger partial charge in [0.2, 0.25) is 0 Å². The SMILES string of the molecule is CCNC(=O)N1CCn2c(Cc3c(F)cccc3F)nnc2C1. The van der Waals surface area contributed by atoms with Gasteiger partial charge in [-0.3, -0.25) is 0 Å². The maximum absolute atomic E-state index is 13.8. The summed E-state index contributed by atoms with van der Waals surface area (Å²) in [6.07, 6.45) is 0.0344. The second-order valence-corrected chi connectivity index (χ2v) is 5.32. The van der Waals surface area contributed by atoms with Gasteiger partial charge in [-0.1, -0.05) is 6.07 Å². The molecule has 1 aliphatic heterocycles. The van der Waals surface area contributed by atoms with E-state index < -0.39 is 11.6 Å². The van der Waals surface area contributed by atoms with E-state index in [0.717, 1.165) is 0 Å². The highest BCUT2D eigenvalue weighted by molar-refractivity contribution is 5.74. The highest BCUT2D eigenvalue weighted by atomic mass is 19.1. The molecule has 0 radical (unpaired) electrons. The summed E-state index contributed by atoms with van der Waals surface area (Å²) >= 11 is 0. The van der Waals surface area contributed by atoms with Crippen LogP contribution in [-0.2, 0) is 19.5 Å². The van der Waals surface area contributed by atoms with Gasteiger partial charge in [-0.25, -0.2) is 13.6 Å². The van der Waals surface area contributed by atoms with Crippen LogP contribution in [0.15, 0.2) is 18.2 Å². The normalized spacial score (nSPS) is 13.8. The Labute approximate surface area is 132 Å². The molecule has 0 unspecified atom stereocenters. The van der Waals surface area contributed by atoms with E-state index in [-0.39, 0.29) is 18.0 Å². The van der Waals surface area contributed by atoms with E-state index in [4.69, 9.17) is 0 Å². The number of aromatic nitrogens is 3. The topological polar surface area (TPSA) is 63.1 Å². The van der Waals surface area contributed by atoms with Crippen LogP contribution in [0.1, 0.15) is 24.1 Å². The molecule has 3 rings (SSSR count). The summed E-state index contributed by atoms with van der Waals surface area (Å²) in [4.78, 5) is 13.5. The van der Waals surface area contributed by atoms with Crippen LogP contribution < -0.4 is 5.32 Å². The van der Waals surface area contributed by atoms with E-state index >= 15 is 0 Å². The van der Waals surface area contributed by atoms with Gasteiger partial charge in [0.25, 0.3) is 0 Å². The lowest BCUT2D eigenvalue weighted by atomic mass is 10.1. The standard InChI is InChI=1S/C15H17F2N5O/c1-2-18-15(23)21-6-7-22-13(19-20-14(22)9-21)8-10-11(16)4-3-5-12(10)17/h3-5H,2,6-9H2,1H3,(H,18,23). The Balaban J connectivity index is 1.80. The predicted molar refractivity (Wildman–Crippen MR) is 78.7 cm³/mol. The minimum absolute atomic E-state index is 0.0196. The molecule has 23 heavy (non-hydrogen) atoms. The van der Waals surface area contributed by atoms with Crippen LogP contribution in [0, 0.1) is 11.6 Å². The third kappa shape index (κ3) is 3.01. The molecule has 0 atom stereocenters. The van der Waals surface area contributed by atoms with Gasteiger partial charge in [-0.15, -0.1) is 10.2 Å². The first-order valence-corrected chi connectivity index (χ1v) is 7.46. The van der Waals surface area contributed by atoms with Gasteiger partial charge in [0.1, 0.15) is 17.5 Å². The van der Waals surface area contributed by atoms with Crippen molar-refractivity contribution in [3.05, 3.63) is 47.0 Å². The Bertz CT molecular complexity index is 710. The number of fused-ring (bicyclic) bond motifs is 1. The smallest absolute Gasteiger partial charge is 0.317 e. The largest absolute Gasteiger partial charge is 0.338 e. The van der Waals surface area contributed by atoms with Gasteiger partial charge >= 0.3 is 6.03 Å². The maximum Gasteiger partial charge on any atom is 0.317 e. The molecule has 0 spiro atoms. The molecule has 0 saturated heterocycles. The number of halogens is 2. The zero-order valence-corrected chi connectivity index (χ0v) is 12.7. The lowest BCUT2D eigenvalue weighted by molar-refractivity contribution is 0.182. The molecular weight excluding hydrogens is 304 g/mol. The molecule has 1 aromatic carbocycles. The van der Waals surface area contributed by atoms with Crippen molar-refractivity contribution in [3.63, 3.8) is 0 Å². The number of rotatable bonds is 3. The van der Waals surface area contributed by atoms with Crippen molar-refractivity contribution in [2.75, 3.05) is 13.1 Å². The first-order chi connectivity index (χ1) is 11.1. The van der Waals surface area contributed by atoms with Crippen molar-refractivity contribution in [2.45, 2.75) is 26.4 Å². The first-order valence-electron chi connectivity index (χ1n) is 7.46. The Hall–Kier alpha value is -2.51. The fraction of sp³-hybridized carbons (Fsp3) is 0.400. The van der Waals surface area contributed by atoms with Crippen LogP contribution in [0.5, 0.6) is 0 Å². The highest BCUT2D eigenvalue weighted by Gasteiger charge is 2.25. The number of urea groups is 1. The minimum atomic E-state index is -0.595. The molecular formula is C15H17F2N5O. The van der Waals surface area contributed by atoms with Crippen LogP contribution >= 0.6 is 0 Å². The van der Waals surface area contributed by atoms with Gasteiger partial charge in [0, 0.05) is 31.6 Å². The Morgan fingerprint density at radius 3 is 2.70 bits per heavy atom. The van der Waals surface area contributed by atoms with Gasteiger partial charge < -0.3 is 14.8 Å². The molecule has 2 aromatic rings. The number of nitrogens with zero attached hydrogens (tertiary/aromatic N) is 4. The summed E-state index contributed by atoms with van der Waals surface area (Å²) in [5.74, 6) is -0.0713. The van der Waals surface area contributed by atoms with Crippen molar-refractivity contribution in [2.24, 2.45) is 0 Å². The summed E-state index contributed by atoms with van der Waals surface area (Å²) in [5, 5.41) is 10.8. The molecule has 8 heteroatoms. The van der Waals surface area contributed by atoms with Crippen LogP contribution in [0.25, 0.3) is 0 Å². The number of benzene rings is 1. The fourth-order valence-corrected chi connectivity index (χ4v) is 2.64. The highest BCUT2D eigenvalue weighted by Crippen LogP contribution is 2.19. The summed E-state index contributed by atoms with van der Waals surface area (Å²) in [6, 6.07) is 3.63. The summed E-state index contributed by atoms with van der Waals surface area (Å²) in [5.41, 5.74) is -0.0196. The third-order valence-electron chi connectivity index (χ3n) is 3.84. The molecule has 1 N–H and O–H groups in total. The van der Waals surface area contributed by atoms with Gasteiger partial charge in [0.15, 0.2) is 5.82 Å². The second-order valence-electron chi connectivity index (χ2n) is 5.32. The second kappa shape index (κ2) is 6.31. The molecule has 122 valence electrons. The summed E-state index contributed by atoms with van der Waals surface area (Å²) in [6.45, 7) is 3.75. The van der Waals surface area contributed by atoms with Crippen LogP contribution in [0.3, 0.4) is 0 Å². The fourth-order valence-electron chi connectivity index (χ4n) is 2.64. The van der Waals surface area contributed by atoms with Gasteiger partial charge in [-0.2, -0.15) is 0 Å². The van der Waals surface area contributed by atoms with Crippen molar-refractivity contribution < 1.29 is 13.6 Å². The van der Waals surface area contributed by atoms with Crippen molar-refractivity contribution in [3.8, 4) is 0 Å². The zero-order valence-electron chi connectivity index (χ0n) is 12.7. The molecule has 0 saturated carbocycles. The van der Waals surface area contributed by atoms with Gasteiger partial charge in [-0.05, 0) is 19.1 Å². The number of carbonyl (C=O) groups is 1. The summed E-state index contributed by atoms with van der Waals surface area (Å²) in [7, 11) is 0. The molecule has 6 nitrogen and oxygen atoms in total. The number of hydrogen-bond donors (Lipinski definition) is 1. The Kier molecular flexibility index (Phi) is 4.22. The molecule has 0 bridgehead atoms. The molecule has 1 aliphatic rings. The lowest BCUT2D eigenvalue weighted by Gasteiger charge is -2.27. The molecule has 0 aliphatic carbocycles. The maximum atomic E-state index is 13.8. The number of nitrogens with one attached hydrogen (secondary N) is 1. The van der Waals surface area contributed by atoms with Crippen molar-refractivity contribution >= 4 is 6.03 Å². The van der Waals surface area contributed by atoms with E-state index in [0.29, 0.717) is 37.8 Å². The van der Waals surface area contributed by atoms with E-state index in [1.165, 1.54) is 18.2 Å². The zero-order chi connectivity index (χ0) is 16.4. The predicted octanol–water partition coefficient (Wildman–Crippen LogP) is 1.69. The molecule has 2 heterocycles. The average molecular weight is 321 g/mol. The Morgan fingerprint density at radius 2 is 2.00 bits per heavy atom. The van der Waals surface area contributed by atoms with Crippen molar-refractivity contribution in [1.29, 1.82) is 0 Å². The van der Waals surface area contributed by atoms with Crippen LogP contribution in [-0.4, -0.2) is 38.8 Å². The number of hydrogen-bond acceptors (Lipinski definition) is 3. The van der Waals surface area contributed by atoms with E-state index in [1.54, 1.807) is 4.90 Å². The third-order valence-corrected chi connectivity index (χ3v) is 3.84. The van der Waals surface area contributed by atoms with Gasteiger partial charge in [0.05, 0.1) is 6.54 Å². The monoisotopic (exact) mass is 321 g/mol. The van der Waals surface area contributed by atoms with E-state index in [9.17, 15) is 13.6 Å². The van der Waals surface area contributed by atoms with Crippen LogP contribution in [0.2, 0.25) is 0 Å². The van der Waals surface area contributed by atoms with Crippen molar-refractivity contribution in [1.82, 2.24) is 25.0 Å². The lowest BCUT2D eigenvalue weighted by Crippen LogP contribution is -2.44. The first kappa shape index (κ1) is 15.4. The number of carbonyl (C=O) groups excluding carboxylic acids is 1. The minimum Gasteiger partial charge on any atom is -0.338 e. The molecule has 1 aromatic heterocycles. The van der Waals surface area contributed by atoms with E-state index in [1.807, 2.05) is 11.5 Å². The summed E-state index contributed by atoms with van der Waals surface area (Å²) < 4.78 is 29.4. The van der Waals surface area contributed by atoms with Crippen LogP contribution in [0.4, 0.5) is 13.6 Å². The van der Waals surface area contributed by atoms with E-state index in [2.05, 4.69) is 15.5 Å². The quantitative estimate of drug-likeness (QED) is 0.936. The molecule has 0 fully saturated rings. The molecule has 2 amide bonds.